The largest absolute Gasteiger partial charge is 0.462 e. The normalized spacial score (nSPS) is 14.8. The van der Waals surface area contributed by atoms with E-state index in [-0.39, 0.29) is 34.9 Å². The number of aliphatic imine (C=N–C) groups is 1. The van der Waals surface area contributed by atoms with Crippen molar-refractivity contribution in [2.45, 2.75) is 26.9 Å². The zero-order chi connectivity index (χ0) is 20.6. The molecule has 3 rings (SSSR count). The molecule has 0 amide bonds. The molecular formula is C20H16F3NO4. The molecule has 28 heavy (non-hydrogen) atoms. The summed E-state index contributed by atoms with van der Waals surface area (Å²) in [7, 11) is 0. The fourth-order valence-electron chi connectivity index (χ4n) is 3.13. The van der Waals surface area contributed by atoms with Gasteiger partial charge in [0.25, 0.3) is 0 Å². The molecule has 0 saturated heterocycles. The van der Waals surface area contributed by atoms with E-state index in [1.807, 2.05) is 0 Å². The molecule has 2 aromatic rings. The number of carbonyl (C=O) groups is 2. The van der Waals surface area contributed by atoms with Crippen LogP contribution < -0.4 is 0 Å². The van der Waals surface area contributed by atoms with Gasteiger partial charge in [-0.05, 0) is 50.1 Å². The molecule has 0 atom stereocenters. The van der Waals surface area contributed by atoms with Gasteiger partial charge in [-0.2, -0.15) is 13.2 Å². The lowest BCUT2D eigenvalue weighted by Gasteiger charge is -2.12. The summed E-state index contributed by atoms with van der Waals surface area (Å²) in [5.74, 6) is -1.60. The zero-order valence-electron chi connectivity index (χ0n) is 15.3. The molecule has 0 spiro atoms. The Kier molecular flexibility index (Phi) is 4.97. The van der Waals surface area contributed by atoms with E-state index in [4.69, 9.17) is 9.47 Å². The third kappa shape index (κ3) is 3.37. The Morgan fingerprint density at radius 1 is 1.21 bits per heavy atom. The van der Waals surface area contributed by atoms with Crippen LogP contribution in [0.1, 0.15) is 49.9 Å². The number of halogens is 3. The van der Waals surface area contributed by atoms with Crippen molar-refractivity contribution < 1.29 is 32.2 Å². The number of rotatable bonds is 3. The number of alkyl halides is 3. The summed E-state index contributed by atoms with van der Waals surface area (Å²) in [6, 6.07) is 6.17. The smallest absolute Gasteiger partial charge is 0.418 e. The van der Waals surface area contributed by atoms with Gasteiger partial charge in [0.1, 0.15) is 0 Å². The Balaban J connectivity index is 2.20. The Labute approximate surface area is 158 Å². The minimum absolute atomic E-state index is 0.145. The van der Waals surface area contributed by atoms with Gasteiger partial charge < -0.3 is 9.47 Å². The Bertz CT molecular complexity index is 1010. The van der Waals surface area contributed by atoms with Crippen LogP contribution in [0.4, 0.5) is 18.9 Å². The average Bonchev–Trinajstić information content (AvgIpc) is 2.90. The summed E-state index contributed by atoms with van der Waals surface area (Å²) in [5.41, 5.74) is 0.0921. The number of fused-ring (bicyclic) bond motifs is 1. The minimum Gasteiger partial charge on any atom is -0.462 e. The second-order valence-electron chi connectivity index (χ2n) is 6.16. The zero-order valence-corrected chi connectivity index (χ0v) is 15.3. The fourth-order valence-corrected chi connectivity index (χ4v) is 3.13. The highest BCUT2D eigenvalue weighted by Gasteiger charge is 2.36. The maximum atomic E-state index is 13.2. The highest BCUT2D eigenvalue weighted by Crippen LogP contribution is 2.38. The van der Waals surface area contributed by atoms with Gasteiger partial charge >= 0.3 is 18.1 Å². The van der Waals surface area contributed by atoms with Crippen LogP contribution in [0.15, 0.2) is 35.3 Å². The first-order chi connectivity index (χ1) is 13.1. The molecule has 0 saturated carbocycles. The van der Waals surface area contributed by atoms with E-state index < -0.39 is 23.7 Å². The van der Waals surface area contributed by atoms with Crippen molar-refractivity contribution in [3.63, 3.8) is 0 Å². The molecule has 2 aromatic carbocycles. The molecule has 0 aliphatic carbocycles. The molecule has 5 nitrogen and oxygen atoms in total. The number of carbonyl (C=O) groups excluding carboxylic acids is 2. The van der Waals surface area contributed by atoms with E-state index in [0.29, 0.717) is 11.1 Å². The van der Waals surface area contributed by atoms with Gasteiger partial charge in [0, 0.05) is 0 Å². The predicted molar refractivity (Wildman–Crippen MR) is 94.9 cm³/mol. The van der Waals surface area contributed by atoms with Crippen molar-refractivity contribution in [2.24, 2.45) is 4.99 Å². The van der Waals surface area contributed by atoms with E-state index in [0.717, 1.165) is 6.07 Å². The Morgan fingerprint density at radius 2 is 1.89 bits per heavy atom. The third-order valence-corrected chi connectivity index (χ3v) is 4.31. The summed E-state index contributed by atoms with van der Waals surface area (Å²) < 4.78 is 49.9. The second kappa shape index (κ2) is 7.10. The monoisotopic (exact) mass is 391 g/mol. The van der Waals surface area contributed by atoms with Crippen LogP contribution in [0.5, 0.6) is 0 Å². The van der Waals surface area contributed by atoms with Gasteiger partial charge in [0.2, 0.25) is 5.90 Å². The van der Waals surface area contributed by atoms with Crippen LogP contribution in [-0.2, 0) is 15.7 Å². The van der Waals surface area contributed by atoms with Gasteiger partial charge in [0.15, 0.2) is 0 Å². The molecule has 1 aliphatic heterocycles. The number of benzene rings is 2. The summed E-state index contributed by atoms with van der Waals surface area (Å²) in [6.07, 6.45) is -4.62. The highest BCUT2D eigenvalue weighted by molar-refractivity contribution is 6.19. The second-order valence-corrected chi connectivity index (χ2v) is 6.16. The summed E-state index contributed by atoms with van der Waals surface area (Å²) in [6.45, 7) is 5.03. The number of cyclic esters (lactones) is 1. The van der Waals surface area contributed by atoms with E-state index in [9.17, 15) is 22.8 Å². The maximum Gasteiger partial charge on any atom is 0.418 e. The van der Waals surface area contributed by atoms with Crippen molar-refractivity contribution >= 4 is 23.5 Å². The number of para-hydroxylation sites is 1. The molecular weight excluding hydrogens is 375 g/mol. The molecule has 0 bridgehead atoms. The number of ether oxygens (including phenoxy) is 2. The first kappa shape index (κ1) is 19.6. The Morgan fingerprint density at radius 3 is 2.54 bits per heavy atom. The third-order valence-electron chi connectivity index (χ3n) is 4.31. The minimum atomic E-state index is -4.62. The molecule has 146 valence electrons. The average molecular weight is 391 g/mol. The Hall–Kier alpha value is -3.16. The number of nitrogens with zero attached hydrogens (tertiary/aromatic N) is 1. The van der Waals surface area contributed by atoms with Crippen molar-refractivity contribution in [3.05, 3.63) is 63.7 Å². The van der Waals surface area contributed by atoms with Crippen LogP contribution in [0, 0.1) is 13.8 Å². The van der Waals surface area contributed by atoms with Crippen LogP contribution in [0.25, 0.3) is 0 Å². The van der Waals surface area contributed by atoms with Crippen LogP contribution in [0.3, 0.4) is 0 Å². The lowest BCUT2D eigenvalue weighted by atomic mass is 9.93. The standard InChI is InChI=1S/C20H16F3NO4/c1-4-27-19(26)15-10(2)9-12-16(11(15)3)17(28-18(12)25)24-14-8-6-5-7-13(14)20(21,22)23/h5-9H,4H2,1-3H3. The summed E-state index contributed by atoms with van der Waals surface area (Å²) >= 11 is 0. The SMILES string of the molecule is CCOC(=O)c1c(C)cc2c(c1C)C(=Nc1ccccc1C(F)(F)F)OC2=O. The first-order valence-electron chi connectivity index (χ1n) is 8.44. The van der Waals surface area contributed by atoms with Crippen molar-refractivity contribution in [3.8, 4) is 0 Å². The van der Waals surface area contributed by atoms with Crippen molar-refractivity contribution in [1.82, 2.24) is 0 Å². The van der Waals surface area contributed by atoms with Gasteiger partial charge in [-0.3, -0.25) is 0 Å². The number of aryl methyl sites for hydroxylation is 1. The molecule has 0 unspecified atom stereocenters. The quantitative estimate of drug-likeness (QED) is 0.709. The number of hydrogen-bond donors (Lipinski definition) is 0. The molecule has 8 heteroatoms. The van der Waals surface area contributed by atoms with Gasteiger partial charge in [0.05, 0.1) is 34.5 Å². The number of hydrogen-bond acceptors (Lipinski definition) is 5. The van der Waals surface area contributed by atoms with Crippen molar-refractivity contribution in [1.29, 1.82) is 0 Å². The lowest BCUT2D eigenvalue weighted by molar-refractivity contribution is -0.137. The molecule has 0 fully saturated rings. The fraction of sp³-hybridized carbons (Fsp3) is 0.250. The topological polar surface area (TPSA) is 65.0 Å². The summed E-state index contributed by atoms with van der Waals surface area (Å²) in [5, 5.41) is 0. The van der Waals surface area contributed by atoms with E-state index in [1.165, 1.54) is 24.3 Å². The lowest BCUT2D eigenvalue weighted by Crippen LogP contribution is -2.12. The van der Waals surface area contributed by atoms with Crippen LogP contribution >= 0.6 is 0 Å². The summed E-state index contributed by atoms with van der Waals surface area (Å²) in [4.78, 5) is 28.5. The van der Waals surface area contributed by atoms with Crippen LogP contribution in [-0.4, -0.2) is 24.4 Å². The van der Waals surface area contributed by atoms with E-state index in [1.54, 1.807) is 20.8 Å². The molecule has 0 radical (unpaired) electrons. The van der Waals surface area contributed by atoms with Gasteiger partial charge in [-0.1, -0.05) is 12.1 Å². The van der Waals surface area contributed by atoms with Gasteiger partial charge in [-0.15, -0.1) is 0 Å². The van der Waals surface area contributed by atoms with Gasteiger partial charge in [-0.25, -0.2) is 14.6 Å². The highest BCUT2D eigenvalue weighted by atomic mass is 19.4. The van der Waals surface area contributed by atoms with Crippen molar-refractivity contribution in [2.75, 3.05) is 6.61 Å². The molecule has 0 aromatic heterocycles. The van der Waals surface area contributed by atoms with E-state index in [2.05, 4.69) is 4.99 Å². The molecule has 0 N–H and O–H groups in total. The molecule has 1 heterocycles. The number of esters is 2. The molecule has 1 aliphatic rings. The van der Waals surface area contributed by atoms with E-state index >= 15 is 0 Å². The maximum absolute atomic E-state index is 13.2. The van der Waals surface area contributed by atoms with Crippen LogP contribution in [0.2, 0.25) is 0 Å². The predicted octanol–water partition coefficient (Wildman–Crippen LogP) is 4.75. The first-order valence-corrected chi connectivity index (χ1v) is 8.44.